The summed E-state index contributed by atoms with van der Waals surface area (Å²) in [5.74, 6) is 0. The van der Waals surface area contributed by atoms with Gasteiger partial charge < -0.3 is 15.1 Å². The van der Waals surface area contributed by atoms with Gasteiger partial charge in [0.15, 0.2) is 0 Å². The third-order valence-electron chi connectivity index (χ3n) is 4.37. The molecule has 1 atom stereocenters. The van der Waals surface area contributed by atoms with Crippen molar-refractivity contribution in [1.29, 1.82) is 0 Å². The number of benzene rings is 1. The van der Waals surface area contributed by atoms with E-state index < -0.39 is 0 Å². The molecule has 1 aromatic carbocycles. The second-order valence-electron chi connectivity index (χ2n) is 5.69. The number of hydrogen-bond donors (Lipinski definition) is 1. The average Bonchev–Trinajstić information content (AvgIpc) is 3.00. The van der Waals surface area contributed by atoms with Gasteiger partial charge in [-0.1, -0.05) is 13.8 Å². The van der Waals surface area contributed by atoms with E-state index in [2.05, 4.69) is 29.0 Å². The first-order valence-corrected chi connectivity index (χ1v) is 8.09. The molecule has 0 bridgehead atoms. The molecule has 122 valence electrons. The zero-order valence-corrected chi connectivity index (χ0v) is 13.5. The van der Waals surface area contributed by atoms with Crippen molar-refractivity contribution >= 4 is 11.4 Å². The molecule has 22 heavy (non-hydrogen) atoms. The van der Waals surface area contributed by atoms with Crippen molar-refractivity contribution in [3.8, 4) is 0 Å². The molecular weight excluding hydrogens is 280 g/mol. The lowest BCUT2D eigenvalue weighted by molar-refractivity contribution is -0.384. The van der Waals surface area contributed by atoms with Crippen LogP contribution in [0.3, 0.4) is 0 Å². The number of nitro groups is 1. The highest BCUT2D eigenvalue weighted by Crippen LogP contribution is 2.23. The maximum absolute atomic E-state index is 10.7. The third-order valence-corrected chi connectivity index (χ3v) is 4.37. The molecule has 2 rings (SSSR count). The first-order chi connectivity index (χ1) is 10.6. The zero-order chi connectivity index (χ0) is 15.9. The molecule has 1 N–H and O–H groups in total. The van der Waals surface area contributed by atoms with Crippen molar-refractivity contribution in [3.63, 3.8) is 0 Å². The van der Waals surface area contributed by atoms with E-state index in [9.17, 15) is 10.1 Å². The van der Waals surface area contributed by atoms with Gasteiger partial charge in [0, 0.05) is 50.0 Å². The molecule has 1 fully saturated rings. The van der Waals surface area contributed by atoms with Crippen molar-refractivity contribution < 1.29 is 4.92 Å². The van der Waals surface area contributed by atoms with Gasteiger partial charge in [0.05, 0.1) is 4.92 Å². The van der Waals surface area contributed by atoms with E-state index in [0.717, 1.165) is 51.4 Å². The fourth-order valence-corrected chi connectivity index (χ4v) is 2.91. The lowest BCUT2D eigenvalue weighted by atomic mass is 10.2. The van der Waals surface area contributed by atoms with E-state index in [0.29, 0.717) is 6.04 Å². The summed E-state index contributed by atoms with van der Waals surface area (Å²) in [5, 5.41) is 14.3. The molecule has 1 aliphatic rings. The second kappa shape index (κ2) is 8.10. The Kier molecular flexibility index (Phi) is 6.15. The number of nitrogens with zero attached hydrogens (tertiary/aromatic N) is 3. The number of likely N-dealkylation sites (N-methyl/N-ethyl adjacent to an activating group) is 1. The van der Waals surface area contributed by atoms with Crippen molar-refractivity contribution in [1.82, 2.24) is 10.2 Å². The molecule has 0 aliphatic carbocycles. The SMILES string of the molecule is CCN(CC)CCNC1CCN(c2ccc([N+](=O)[O-])cc2)C1. The van der Waals surface area contributed by atoms with Gasteiger partial charge in [-0.3, -0.25) is 10.1 Å². The van der Waals surface area contributed by atoms with E-state index in [1.807, 2.05) is 12.1 Å². The predicted molar refractivity (Wildman–Crippen MR) is 89.5 cm³/mol. The summed E-state index contributed by atoms with van der Waals surface area (Å²) in [4.78, 5) is 15.0. The van der Waals surface area contributed by atoms with Crippen LogP contribution >= 0.6 is 0 Å². The van der Waals surface area contributed by atoms with Crippen LogP contribution in [-0.2, 0) is 0 Å². The molecule has 0 amide bonds. The minimum atomic E-state index is -0.356. The topological polar surface area (TPSA) is 61.6 Å². The summed E-state index contributed by atoms with van der Waals surface area (Å²) in [6.45, 7) is 10.6. The Morgan fingerprint density at radius 3 is 2.59 bits per heavy atom. The maximum Gasteiger partial charge on any atom is 0.269 e. The van der Waals surface area contributed by atoms with Crippen LogP contribution in [0, 0.1) is 10.1 Å². The smallest absolute Gasteiger partial charge is 0.269 e. The Labute approximate surface area is 132 Å². The van der Waals surface area contributed by atoms with Crippen LogP contribution in [0.15, 0.2) is 24.3 Å². The second-order valence-corrected chi connectivity index (χ2v) is 5.69. The van der Waals surface area contributed by atoms with Crippen LogP contribution < -0.4 is 10.2 Å². The molecule has 6 nitrogen and oxygen atoms in total. The van der Waals surface area contributed by atoms with E-state index >= 15 is 0 Å². The summed E-state index contributed by atoms with van der Waals surface area (Å²) in [6, 6.07) is 7.35. The Hall–Kier alpha value is -1.66. The lowest BCUT2D eigenvalue weighted by Gasteiger charge is -2.21. The Balaban J connectivity index is 1.78. The molecule has 0 saturated carbocycles. The van der Waals surface area contributed by atoms with Gasteiger partial charge in [0.25, 0.3) is 5.69 Å². The van der Waals surface area contributed by atoms with Gasteiger partial charge >= 0.3 is 0 Å². The fourth-order valence-electron chi connectivity index (χ4n) is 2.91. The van der Waals surface area contributed by atoms with E-state index in [-0.39, 0.29) is 10.6 Å². The van der Waals surface area contributed by atoms with E-state index in [1.165, 1.54) is 0 Å². The van der Waals surface area contributed by atoms with Crippen LogP contribution in [0.4, 0.5) is 11.4 Å². The van der Waals surface area contributed by atoms with E-state index in [4.69, 9.17) is 0 Å². The molecule has 0 spiro atoms. The zero-order valence-electron chi connectivity index (χ0n) is 13.5. The Morgan fingerprint density at radius 2 is 2.00 bits per heavy atom. The van der Waals surface area contributed by atoms with Gasteiger partial charge in [-0.05, 0) is 31.6 Å². The minimum Gasteiger partial charge on any atom is -0.370 e. The highest BCUT2D eigenvalue weighted by Gasteiger charge is 2.22. The first-order valence-electron chi connectivity index (χ1n) is 8.09. The standard InChI is InChI=1S/C16H26N4O2/c1-3-18(4-2)12-10-17-14-9-11-19(13-14)15-5-7-16(8-6-15)20(21)22/h5-8,14,17H,3-4,9-13H2,1-2H3. The molecule has 0 aromatic heterocycles. The molecule has 0 radical (unpaired) electrons. The van der Waals surface area contributed by atoms with E-state index in [1.54, 1.807) is 12.1 Å². The van der Waals surface area contributed by atoms with Crippen LogP contribution in [0.5, 0.6) is 0 Å². The van der Waals surface area contributed by atoms with Gasteiger partial charge in [-0.25, -0.2) is 0 Å². The molecule has 1 aliphatic heterocycles. The fraction of sp³-hybridized carbons (Fsp3) is 0.625. The molecule has 1 heterocycles. The van der Waals surface area contributed by atoms with Gasteiger partial charge in [0.2, 0.25) is 0 Å². The largest absolute Gasteiger partial charge is 0.370 e. The van der Waals surface area contributed by atoms with Crippen molar-refractivity contribution in [2.75, 3.05) is 44.2 Å². The summed E-state index contributed by atoms with van der Waals surface area (Å²) in [7, 11) is 0. The lowest BCUT2D eigenvalue weighted by Crippen LogP contribution is -2.38. The summed E-state index contributed by atoms with van der Waals surface area (Å²) in [6.07, 6.45) is 1.12. The quantitative estimate of drug-likeness (QED) is 0.589. The van der Waals surface area contributed by atoms with Crippen LogP contribution in [0.1, 0.15) is 20.3 Å². The highest BCUT2D eigenvalue weighted by atomic mass is 16.6. The number of non-ortho nitro benzene ring substituents is 1. The Morgan fingerprint density at radius 1 is 1.32 bits per heavy atom. The van der Waals surface area contributed by atoms with Gasteiger partial charge in [-0.15, -0.1) is 0 Å². The van der Waals surface area contributed by atoms with Crippen LogP contribution in [0.25, 0.3) is 0 Å². The number of rotatable bonds is 8. The molecule has 1 unspecified atom stereocenters. The summed E-state index contributed by atoms with van der Waals surface area (Å²) < 4.78 is 0. The maximum atomic E-state index is 10.7. The van der Waals surface area contributed by atoms with Gasteiger partial charge in [-0.2, -0.15) is 0 Å². The monoisotopic (exact) mass is 306 g/mol. The molecular formula is C16H26N4O2. The van der Waals surface area contributed by atoms with Crippen LogP contribution in [-0.4, -0.2) is 55.1 Å². The van der Waals surface area contributed by atoms with Crippen molar-refractivity contribution in [3.05, 3.63) is 34.4 Å². The summed E-state index contributed by atoms with van der Waals surface area (Å²) in [5.41, 5.74) is 1.22. The number of nitro benzene ring substituents is 1. The summed E-state index contributed by atoms with van der Waals surface area (Å²) >= 11 is 0. The Bertz CT molecular complexity index is 474. The molecule has 1 aromatic rings. The van der Waals surface area contributed by atoms with Crippen molar-refractivity contribution in [2.45, 2.75) is 26.3 Å². The van der Waals surface area contributed by atoms with Crippen LogP contribution in [0.2, 0.25) is 0 Å². The average molecular weight is 306 g/mol. The first kappa shape index (κ1) is 16.7. The predicted octanol–water partition coefficient (Wildman–Crippen LogP) is 2.10. The van der Waals surface area contributed by atoms with Crippen molar-refractivity contribution in [2.24, 2.45) is 0 Å². The normalized spacial score (nSPS) is 18.1. The molecule has 6 heteroatoms. The number of hydrogen-bond acceptors (Lipinski definition) is 5. The number of anilines is 1. The van der Waals surface area contributed by atoms with Gasteiger partial charge in [0.1, 0.15) is 0 Å². The third kappa shape index (κ3) is 4.42. The highest BCUT2D eigenvalue weighted by molar-refractivity contribution is 5.51. The minimum absolute atomic E-state index is 0.150. The molecule has 1 saturated heterocycles. The number of nitrogens with one attached hydrogen (secondary N) is 1.